The molecule has 0 radical (unpaired) electrons. The van der Waals surface area contributed by atoms with Crippen molar-refractivity contribution < 1.29 is 9.59 Å². The van der Waals surface area contributed by atoms with Crippen molar-refractivity contribution in [2.24, 2.45) is 0 Å². The van der Waals surface area contributed by atoms with Crippen molar-refractivity contribution in [3.8, 4) is 0 Å². The number of urea groups is 1. The van der Waals surface area contributed by atoms with Crippen molar-refractivity contribution in [1.29, 1.82) is 0 Å². The molecular formula is C14H21N3O2. The number of carbonyl (C=O) groups excluding carboxylic acids is 2. The van der Waals surface area contributed by atoms with Crippen LogP contribution in [0.25, 0.3) is 0 Å². The van der Waals surface area contributed by atoms with Crippen molar-refractivity contribution in [2.45, 2.75) is 39.7 Å². The van der Waals surface area contributed by atoms with E-state index in [1.165, 1.54) is 0 Å². The Morgan fingerprint density at radius 1 is 1.16 bits per heavy atom. The number of anilines is 2. The Bertz CT molecular complexity index is 446. The van der Waals surface area contributed by atoms with Gasteiger partial charge in [-0.2, -0.15) is 0 Å². The molecule has 3 amide bonds. The number of hydrogen-bond acceptors (Lipinski definition) is 2. The molecule has 0 saturated carbocycles. The first-order valence-electron chi connectivity index (χ1n) is 6.52. The topological polar surface area (TPSA) is 70.2 Å². The zero-order chi connectivity index (χ0) is 14.3. The van der Waals surface area contributed by atoms with Crippen LogP contribution in [0.4, 0.5) is 16.2 Å². The largest absolute Gasteiger partial charge is 0.335 e. The Morgan fingerprint density at radius 3 is 2.37 bits per heavy atom. The average molecular weight is 263 g/mol. The molecule has 19 heavy (non-hydrogen) atoms. The highest BCUT2D eigenvalue weighted by Gasteiger charge is 2.06. The molecule has 5 heteroatoms. The van der Waals surface area contributed by atoms with Gasteiger partial charge in [-0.1, -0.05) is 19.9 Å². The molecule has 0 bridgehead atoms. The van der Waals surface area contributed by atoms with E-state index >= 15 is 0 Å². The van der Waals surface area contributed by atoms with Gasteiger partial charge in [-0.05, 0) is 31.5 Å². The fourth-order valence-corrected chi connectivity index (χ4v) is 1.42. The Labute approximate surface area is 113 Å². The fraction of sp³-hybridized carbons (Fsp3) is 0.429. The SMILES string of the molecule is CCC(=O)Nc1cccc(NC(=O)NC(C)CC)c1. The van der Waals surface area contributed by atoms with Crippen molar-refractivity contribution >= 4 is 23.3 Å². The first-order chi connectivity index (χ1) is 9.05. The van der Waals surface area contributed by atoms with Gasteiger partial charge in [-0.15, -0.1) is 0 Å². The normalized spacial score (nSPS) is 11.5. The number of nitrogens with one attached hydrogen (secondary N) is 3. The Hall–Kier alpha value is -2.04. The molecule has 1 aromatic carbocycles. The van der Waals surface area contributed by atoms with Crippen LogP contribution in [0.1, 0.15) is 33.6 Å². The summed E-state index contributed by atoms with van der Waals surface area (Å²) in [6, 6.07) is 6.95. The standard InChI is InChI=1S/C14H21N3O2/c1-4-10(3)15-14(19)17-12-8-6-7-11(9-12)16-13(18)5-2/h6-10H,4-5H2,1-3H3,(H,16,18)(H2,15,17,19). The van der Waals surface area contributed by atoms with Crippen molar-refractivity contribution in [3.63, 3.8) is 0 Å². The summed E-state index contributed by atoms with van der Waals surface area (Å²) in [6.45, 7) is 5.74. The summed E-state index contributed by atoms with van der Waals surface area (Å²) in [5, 5.41) is 8.30. The van der Waals surface area contributed by atoms with E-state index in [9.17, 15) is 9.59 Å². The first-order valence-corrected chi connectivity index (χ1v) is 6.52. The molecule has 0 aromatic heterocycles. The zero-order valence-corrected chi connectivity index (χ0v) is 11.6. The maximum Gasteiger partial charge on any atom is 0.319 e. The van der Waals surface area contributed by atoms with Gasteiger partial charge in [0.1, 0.15) is 0 Å². The maximum atomic E-state index is 11.7. The van der Waals surface area contributed by atoms with Gasteiger partial charge in [0.05, 0.1) is 0 Å². The predicted octanol–water partition coefficient (Wildman–Crippen LogP) is 2.96. The van der Waals surface area contributed by atoms with E-state index in [4.69, 9.17) is 0 Å². The lowest BCUT2D eigenvalue weighted by Crippen LogP contribution is -2.35. The smallest absolute Gasteiger partial charge is 0.319 e. The molecule has 1 rings (SSSR count). The minimum atomic E-state index is -0.242. The van der Waals surface area contributed by atoms with Crippen LogP contribution in [0.15, 0.2) is 24.3 Å². The molecule has 0 aliphatic carbocycles. The Kier molecular flexibility index (Phi) is 5.85. The number of hydrogen-bond donors (Lipinski definition) is 3. The molecule has 1 unspecified atom stereocenters. The van der Waals surface area contributed by atoms with Gasteiger partial charge in [0.2, 0.25) is 5.91 Å². The lowest BCUT2D eigenvalue weighted by atomic mass is 10.2. The molecule has 0 spiro atoms. The molecule has 0 fully saturated rings. The molecule has 1 atom stereocenters. The van der Waals surface area contributed by atoms with Crippen molar-refractivity contribution in [1.82, 2.24) is 5.32 Å². The summed E-state index contributed by atoms with van der Waals surface area (Å²) < 4.78 is 0. The highest BCUT2D eigenvalue weighted by molar-refractivity contribution is 5.93. The van der Waals surface area contributed by atoms with E-state index in [0.717, 1.165) is 6.42 Å². The molecular weight excluding hydrogens is 242 g/mol. The predicted molar refractivity (Wildman–Crippen MR) is 77.3 cm³/mol. The summed E-state index contributed by atoms with van der Waals surface area (Å²) in [5.41, 5.74) is 1.32. The minimum absolute atomic E-state index is 0.0544. The molecule has 0 aliphatic heterocycles. The second-order valence-electron chi connectivity index (χ2n) is 4.39. The number of benzene rings is 1. The number of carbonyl (C=O) groups is 2. The van der Waals surface area contributed by atoms with Crippen LogP contribution < -0.4 is 16.0 Å². The summed E-state index contributed by atoms with van der Waals surface area (Å²) in [7, 11) is 0. The van der Waals surface area contributed by atoms with Gasteiger partial charge in [0.25, 0.3) is 0 Å². The van der Waals surface area contributed by atoms with Crippen molar-refractivity contribution in [2.75, 3.05) is 10.6 Å². The molecule has 104 valence electrons. The number of amides is 3. The Morgan fingerprint density at radius 2 is 1.79 bits per heavy atom. The van der Waals surface area contributed by atoms with Crippen LogP contribution in [-0.4, -0.2) is 18.0 Å². The molecule has 0 saturated heterocycles. The summed E-state index contributed by atoms with van der Waals surface area (Å²) >= 11 is 0. The van der Waals surface area contributed by atoms with Gasteiger partial charge in [-0.3, -0.25) is 4.79 Å². The van der Waals surface area contributed by atoms with E-state index in [1.54, 1.807) is 31.2 Å². The van der Waals surface area contributed by atoms with Crippen LogP contribution in [0.3, 0.4) is 0 Å². The lowest BCUT2D eigenvalue weighted by molar-refractivity contribution is -0.115. The second-order valence-corrected chi connectivity index (χ2v) is 4.39. The monoisotopic (exact) mass is 263 g/mol. The number of rotatable bonds is 5. The van der Waals surface area contributed by atoms with E-state index in [-0.39, 0.29) is 18.0 Å². The van der Waals surface area contributed by atoms with E-state index < -0.39 is 0 Å². The molecule has 0 aliphatic rings. The van der Waals surface area contributed by atoms with Crippen molar-refractivity contribution in [3.05, 3.63) is 24.3 Å². The van der Waals surface area contributed by atoms with Gasteiger partial charge < -0.3 is 16.0 Å². The minimum Gasteiger partial charge on any atom is -0.335 e. The van der Waals surface area contributed by atoms with E-state index in [0.29, 0.717) is 17.8 Å². The third-order valence-corrected chi connectivity index (χ3v) is 2.72. The van der Waals surface area contributed by atoms with Gasteiger partial charge in [0, 0.05) is 23.8 Å². The third-order valence-electron chi connectivity index (χ3n) is 2.72. The first kappa shape index (κ1) is 15.0. The van der Waals surface area contributed by atoms with E-state index in [1.807, 2.05) is 13.8 Å². The molecule has 0 heterocycles. The summed E-state index contributed by atoms with van der Waals surface area (Å²) in [6.07, 6.45) is 1.30. The summed E-state index contributed by atoms with van der Waals surface area (Å²) in [4.78, 5) is 23.0. The van der Waals surface area contributed by atoms with Crippen LogP contribution in [0, 0.1) is 0 Å². The van der Waals surface area contributed by atoms with Crippen LogP contribution in [0.2, 0.25) is 0 Å². The highest BCUT2D eigenvalue weighted by Crippen LogP contribution is 2.15. The van der Waals surface area contributed by atoms with Gasteiger partial charge in [-0.25, -0.2) is 4.79 Å². The lowest BCUT2D eigenvalue weighted by Gasteiger charge is -2.13. The zero-order valence-electron chi connectivity index (χ0n) is 11.6. The molecule has 5 nitrogen and oxygen atoms in total. The fourth-order valence-electron chi connectivity index (χ4n) is 1.42. The molecule has 1 aromatic rings. The Balaban J connectivity index is 2.61. The van der Waals surface area contributed by atoms with Crippen LogP contribution >= 0.6 is 0 Å². The summed E-state index contributed by atoms with van der Waals surface area (Å²) in [5.74, 6) is -0.0544. The quantitative estimate of drug-likeness (QED) is 0.764. The van der Waals surface area contributed by atoms with Gasteiger partial charge >= 0.3 is 6.03 Å². The molecule has 3 N–H and O–H groups in total. The maximum absolute atomic E-state index is 11.7. The van der Waals surface area contributed by atoms with Crippen LogP contribution in [-0.2, 0) is 4.79 Å². The van der Waals surface area contributed by atoms with E-state index in [2.05, 4.69) is 16.0 Å². The van der Waals surface area contributed by atoms with Crippen LogP contribution in [0.5, 0.6) is 0 Å². The van der Waals surface area contributed by atoms with Gasteiger partial charge in [0.15, 0.2) is 0 Å². The average Bonchev–Trinajstić information content (AvgIpc) is 2.38. The third kappa shape index (κ3) is 5.42. The second kappa shape index (κ2) is 7.41. The highest BCUT2D eigenvalue weighted by atomic mass is 16.2.